The molecule has 12 heteroatoms. The molecule has 6 nitrogen and oxygen atoms in total. The van der Waals surface area contributed by atoms with Crippen LogP contribution in [0.3, 0.4) is 0 Å². The van der Waals surface area contributed by atoms with Gasteiger partial charge in [-0.15, -0.1) is 0 Å². The van der Waals surface area contributed by atoms with E-state index in [4.69, 9.17) is 14.6 Å². The van der Waals surface area contributed by atoms with E-state index >= 15 is 0 Å². The van der Waals surface area contributed by atoms with Crippen LogP contribution in [0.5, 0.6) is 5.75 Å². The van der Waals surface area contributed by atoms with E-state index in [1.807, 2.05) is 23.1 Å². The third kappa shape index (κ3) is 9.64. The number of carboxylic acid groups (broad SMARTS) is 1. The first-order valence-corrected chi connectivity index (χ1v) is 13.7. The maximum absolute atomic E-state index is 13.0. The molecule has 0 radical (unpaired) electrons. The second-order valence-corrected chi connectivity index (χ2v) is 11.3. The number of hydrogen-bond acceptors (Lipinski definition) is 4. The molecule has 42 heavy (non-hydrogen) atoms. The number of carbonyl (C=O) groups excluding carboxylic acids is 1. The van der Waals surface area contributed by atoms with Gasteiger partial charge in [-0.25, -0.2) is 4.79 Å². The SMILES string of the molecule is CC(C)COc1ccccc1CN1CCC2(CC1)CCN(C(=O)Cc1cccc(C(F)(F)F)c1)C2.O=C(O)C(F)(F)F. The number of ether oxygens (including phenoxy) is 1. The Morgan fingerprint density at radius 3 is 2.17 bits per heavy atom. The number of rotatable bonds is 7. The first kappa shape index (κ1) is 33.2. The summed E-state index contributed by atoms with van der Waals surface area (Å²) in [6.45, 7) is 9.15. The smallest absolute Gasteiger partial charge is 0.490 e. The summed E-state index contributed by atoms with van der Waals surface area (Å²) in [5, 5.41) is 7.12. The highest BCUT2D eigenvalue weighted by atomic mass is 19.4. The Hall–Kier alpha value is -3.28. The predicted molar refractivity (Wildman–Crippen MR) is 144 cm³/mol. The van der Waals surface area contributed by atoms with E-state index < -0.39 is 23.9 Å². The third-order valence-corrected chi connectivity index (χ3v) is 7.50. The van der Waals surface area contributed by atoms with Crippen LogP contribution in [0.4, 0.5) is 26.3 Å². The molecule has 2 heterocycles. The van der Waals surface area contributed by atoms with Crippen LogP contribution in [0, 0.1) is 11.3 Å². The molecule has 0 aromatic heterocycles. The van der Waals surface area contributed by atoms with Crippen molar-refractivity contribution in [1.82, 2.24) is 9.80 Å². The van der Waals surface area contributed by atoms with E-state index in [2.05, 4.69) is 24.8 Å². The van der Waals surface area contributed by atoms with Gasteiger partial charge < -0.3 is 14.7 Å². The molecule has 2 aromatic rings. The fourth-order valence-electron chi connectivity index (χ4n) is 5.16. The van der Waals surface area contributed by atoms with Crippen molar-refractivity contribution in [3.63, 3.8) is 0 Å². The lowest BCUT2D eigenvalue weighted by atomic mass is 9.77. The van der Waals surface area contributed by atoms with Gasteiger partial charge in [0.1, 0.15) is 5.75 Å². The lowest BCUT2D eigenvalue weighted by Crippen LogP contribution is -2.42. The molecule has 1 spiro atoms. The number of carbonyl (C=O) groups is 2. The molecule has 1 N–H and O–H groups in total. The Morgan fingerprint density at radius 2 is 1.57 bits per heavy atom. The standard InChI is InChI=1S/C28H35F3N2O2.C2HF3O2/c1-21(2)19-35-25-9-4-3-7-23(25)18-32-13-10-27(11-14-32)12-15-33(20-27)26(34)17-22-6-5-8-24(16-22)28(29,30)31;3-2(4,5)1(6)7/h3-9,16,21H,10-15,17-20H2,1-2H3;(H,6,7). The van der Waals surface area contributed by atoms with Gasteiger partial charge in [-0.2, -0.15) is 26.3 Å². The molecule has 0 unspecified atom stereocenters. The lowest BCUT2D eigenvalue weighted by molar-refractivity contribution is -0.192. The minimum atomic E-state index is -5.08. The average Bonchev–Trinajstić information content (AvgIpc) is 3.33. The van der Waals surface area contributed by atoms with Crippen molar-refractivity contribution >= 4 is 11.9 Å². The summed E-state index contributed by atoms with van der Waals surface area (Å²) in [4.78, 5) is 26.1. The predicted octanol–water partition coefficient (Wildman–Crippen LogP) is 6.43. The number of likely N-dealkylation sites (tertiary alicyclic amines) is 2. The summed E-state index contributed by atoms with van der Waals surface area (Å²) >= 11 is 0. The molecule has 2 fully saturated rings. The van der Waals surface area contributed by atoms with Crippen LogP contribution in [0.1, 0.15) is 49.8 Å². The van der Waals surface area contributed by atoms with Crippen LogP contribution in [0.25, 0.3) is 0 Å². The number of carboxylic acids is 1. The van der Waals surface area contributed by atoms with E-state index in [0.717, 1.165) is 56.8 Å². The van der Waals surface area contributed by atoms with Gasteiger partial charge >= 0.3 is 18.3 Å². The quantitative estimate of drug-likeness (QED) is 0.370. The summed E-state index contributed by atoms with van der Waals surface area (Å²) in [6, 6.07) is 13.3. The topological polar surface area (TPSA) is 70.1 Å². The van der Waals surface area contributed by atoms with Crippen molar-refractivity contribution in [1.29, 1.82) is 0 Å². The van der Waals surface area contributed by atoms with Crippen LogP contribution >= 0.6 is 0 Å². The minimum Gasteiger partial charge on any atom is -0.493 e. The molecule has 0 saturated carbocycles. The van der Waals surface area contributed by atoms with Crippen molar-refractivity contribution in [2.24, 2.45) is 11.3 Å². The first-order valence-electron chi connectivity index (χ1n) is 13.7. The number of halogens is 6. The van der Waals surface area contributed by atoms with E-state index in [1.165, 1.54) is 11.6 Å². The number of hydrogen-bond donors (Lipinski definition) is 1. The molecule has 232 valence electrons. The Kier molecular flexibility index (Phi) is 10.9. The lowest BCUT2D eigenvalue weighted by Gasteiger charge is -2.39. The van der Waals surface area contributed by atoms with Crippen molar-refractivity contribution in [3.05, 3.63) is 65.2 Å². The highest BCUT2D eigenvalue weighted by Crippen LogP contribution is 2.41. The van der Waals surface area contributed by atoms with Crippen LogP contribution < -0.4 is 4.74 Å². The Morgan fingerprint density at radius 1 is 0.952 bits per heavy atom. The van der Waals surface area contributed by atoms with Gasteiger partial charge in [0.15, 0.2) is 0 Å². The Balaban J connectivity index is 0.000000616. The van der Waals surface area contributed by atoms with Gasteiger partial charge in [0, 0.05) is 25.2 Å². The first-order chi connectivity index (χ1) is 19.6. The number of amides is 1. The maximum Gasteiger partial charge on any atom is 0.490 e. The van der Waals surface area contributed by atoms with Crippen LogP contribution in [-0.2, 0) is 28.7 Å². The van der Waals surface area contributed by atoms with Gasteiger partial charge in [-0.05, 0) is 61.4 Å². The zero-order valence-electron chi connectivity index (χ0n) is 23.6. The second kappa shape index (κ2) is 13.8. The molecule has 1 amide bonds. The van der Waals surface area contributed by atoms with E-state index in [1.54, 1.807) is 6.07 Å². The van der Waals surface area contributed by atoms with Crippen molar-refractivity contribution < 1.29 is 45.8 Å². The fraction of sp³-hybridized carbons (Fsp3) is 0.533. The Labute approximate surface area is 241 Å². The normalized spacial score (nSPS) is 17.2. The fourth-order valence-corrected chi connectivity index (χ4v) is 5.16. The number of para-hydroxylation sites is 1. The maximum atomic E-state index is 13.0. The number of piperidine rings is 1. The molecule has 2 saturated heterocycles. The summed E-state index contributed by atoms with van der Waals surface area (Å²) < 4.78 is 76.8. The van der Waals surface area contributed by atoms with Gasteiger partial charge in [0.2, 0.25) is 5.91 Å². The molecule has 0 atom stereocenters. The summed E-state index contributed by atoms with van der Waals surface area (Å²) in [7, 11) is 0. The zero-order chi connectivity index (χ0) is 31.1. The third-order valence-electron chi connectivity index (χ3n) is 7.50. The molecule has 0 bridgehead atoms. The summed E-state index contributed by atoms with van der Waals surface area (Å²) in [6.07, 6.45) is -6.46. The van der Waals surface area contributed by atoms with Gasteiger partial charge in [0.25, 0.3) is 0 Å². The average molecular weight is 603 g/mol. The molecule has 2 aliphatic heterocycles. The summed E-state index contributed by atoms with van der Waals surface area (Å²) in [5.41, 5.74) is 1.03. The second-order valence-electron chi connectivity index (χ2n) is 11.3. The van der Waals surface area contributed by atoms with Gasteiger partial charge in [-0.3, -0.25) is 9.69 Å². The molecule has 2 aliphatic rings. The highest BCUT2D eigenvalue weighted by molar-refractivity contribution is 5.79. The molecular weight excluding hydrogens is 566 g/mol. The minimum absolute atomic E-state index is 0.0132. The van der Waals surface area contributed by atoms with Crippen LogP contribution in [0.2, 0.25) is 0 Å². The monoisotopic (exact) mass is 602 g/mol. The van der Waals surface area contributed by atoms with Gasteiger partial charge in [0.05, 0.1) is 18.6 Å². The van der Waals surface area contributed by atoms with E-state index in [9.17, 15) is 31.1 Å². The van der Waals surface area contributed by atoms with Crippen molar-refractivity contribution in [2.45, 2.75) is 58.4 Å². The highest BCUT2D eigenvalue weighted by Gasteiger charge is 2.42. The number of nitrogens with zero attached hydrogens (tertiary/aromatic N) is 2. The molecule has 4 rings (SSSR count). The van der Waals surface area contributed by atoms with E-state index in [-0.39, 0.29) is 17.7 Å². The Bertz CT molecular complexity index is 1210. The van der Waals surface area contributed by atoms with E-state index in [0.29, 0.717) is 31.2 Å². The van der Waals surface area contributed by atoms with Crippen LogP contribution in [-0.4, -0.2) is 65.7 Å². The number of benzene rings is 2. The van der Waals surface area contributed by atoms with Crippen molar-refractivity contribution in [2.75, 3.05) is 32.8 Å². The van der Waals surface area contributed by atoms with Gasteiger partial charge in [-0.1, -0.05) is 50.2 Å². The van der Waals surface area contributed by atoms with Crippen LogP contribution in [0.15, 0.2) is 48.5 Å². The number of alkyl halides is 6. The number of aliphatic carboxylic acids is 1. The van der Waals surface area contributed by atoms with Crippen molar-refractivity contribution in [3.8, 4) is 5.75 Å². The molecule has 0 aliphatic carbocycles. The molecule has 2 aromatic carbocycles. The largest absolute Gasteiger partial charge is 0.493 e. The summed E-state index contributed by atoms with van der Waals surface area (Å²) in [5.74, 6) is -1.42. The zero-order valence-corrected chi connectivity index (χ0v) is 23.6. The molecular formula is C30H36F6N2O4.